The number of piperazine rings is 1. The van der Waals surface area contributed by atoms with Crippen LogP contribution in [0.15, 0.2) is 35.5 Å². The molecule has 198 valence electrons. The molecule has 0 spiro atoms. The number of nitrogens with zero attached hydrogens (tertiary/aromatic N) is 3. The summed E-state index contributed by atoms with van der Waals surface area (Å²) >= 11 is 0. The monoisotopic (exact) mass is 512 g/mol. The second-order valence-electron chi connectivity index (χ2n) is 8.38. The Bertz CT molecular complexity index is 1010. The number of rotatable bonds is 8. The summed E-state index contributed by atoms with van der Waals surface area (Å²) in [6.45, 7) is 5.39. The fourth-order valence-electron chi connectivity index (χ4n) is 4.48. The largest absolute Gasteiger partial charge is 0.463 e. The molecular weight excluding hydrogens is 481 g/mol. The topological polar surface area (TPSA) is 91.4 Å². The van der Waals surface area contributed by atoms with Crippen LogP contribution >= 0.6 is 0 Å². The Balaban J connectivity index is 2.02. The molecule has 3 amide bonds. The highest BCUT2D eigenvalue weighted by Crippen LogP contribution is 2.39. The van der Waals surface area contributed by atoms with Gasteiger partial charge in [-0.15, -0.1) is 0 Å². The number of amides is 3. The number of methoxy groups -OCH3 is 1. The first kappa shape index (κ1) is 27.5. The highest BCUT2D eigenvalue weighted by atomic mass is 19.4. The van der Waals surface area contributed by atoms with E-state index in [1.807, 2.05) is 4.90 Å². The van der Waals surface area contributed by atoms with Crippen LogP contribution in [0.3, 0.4) is 0 Å². The maximum Gasteiger partial charge on any atom is 0.416 e. The Morgan fingerprint density at radius 3 is 2.36 bits per heavy atom. The summed E-state index contributed by atoms with van der Waals surface area (Å²) in [5.74, 6) is -0.929. The number of halogens is 3. The van der Waals surface area contributed by atoms with E-state index in [1.54, 1.807) is 18.7 Å². The number of likely N-dealkylation sites (N-methyl/N-ethyl adjacent to an activating group) is 1. The van der Waals surface area contributed by atoms with E-state index in [0.29, 0.717) is 31.9 Å². The summed E-state index contributed by atoms with van der Waals surface area (Å²) in [7, 11) is 1.44. The molecule has 9 nitrogen and oxygen atoms in total. The molecule has 2 aliphatic heterocycles. The van der Waals surface area contributed by atoms with Crippen molar-refractivity contribution < 1.29 is 37.0 Å². The third-order valence-corrected chi connectivity index (χ3v) is 6.19. The zero-order valence-electron chi connectivity index (χ0n) is 20.6. The van der Waals surface area contributed by atoms with Gasteiger partial charge in [0.2, 0.25) is 5.91 Å². The quantitative estimate of drug-likeness (QED) is 0.538. The van der Waals surface area contributed by atoms with Gasteiger partial charge < -0.3 is 19.7 Å². The number of ether oxygens (including phenoxy) is 2. The molecule has 1 N–H and O–H groups in total. The molecule has 0 bridgehead atoms. The van der Waals surface area contributed by atoms with Crippen LogP contribution in [-0.2, 0) is 25.2 Å². The molecule has 36 heavy (non-hydrogen) atoms. The van der Waals surface area contributed by atoms with Gasteiger partial charge in [-0.3, -0.25) is 14.6 Å². The number of benzene rings is 1. The number of carbonyl (C=O) groups is 3. The van der Waals surface area contributed by atoms with Crippen molar-refractivity contribution in [2.24, 2.45) is 0 Å². The molecule has 2 heterocycles. The van der Waals surface area contributed by atoms with Gasteiger partial charge in [0, 0.05) is 52.1 Å². The summed E-state index contributed by atoms with van der Waals surface area (Å²) in [5, 5.41) is 2.58. The van der Waals surface area contributed by atoms with Gasteiger partial charge >= 0.3 is 18.2 Å². The molecule has 1 atom stereocenters. The first-order valence-electron chi connectivity index (χ1n) is 11.8. The average Bonchev–Trinajstić information content (AvgIpc) is 2.84. The van der Waals surface area contributed by atoms with Gasteiger partial charge in [0.1, 0.15) is 6.61 Å². The van der Waals surface area contributed by atoms with E-state index in [4.69, 9.17) is 9.47 Å². The molecule has 1 aromatic rings. The van der Waals surface area contributed by atoms with E-state index >= 15 is 0 Å². The number of esters is 1. The molecule has 1 saturated heterocycles. The van der Waals surface area contributed by atoms with Crippen molar-refractivity contribution in [1.29, 1.82) is 0 Å². The lowest BCUT2D eigenvalue weighted by Gasteiger charge is -2.40. The van der Waals surface area contributed by atoms with Gasteiger partial charge in [-0.2, -0.15) is 13.2 Å². The number of hydrogen-bond donors (Lipinski definition) is 1. The predicted octanol–water partition coefficient (Wildman–Crippen LogP) is 2.40. The molecule has 2 aliphatic rings. The molecule has 0 aromatic heterocycles. The molecule has 0 saturated carbocycles. The summed E-state index contributed by atoms with van der Waals surface area (Å²) in [4.78, 5) is 43.3. The van der Waals surface area contributed by atoms with E-state index in [9.17, 15) is 27.6 Å². The van der Waals surface area contributed by atoms with Crippen molar-refractivity contribution in [2.45, 2.75) is 26.1 Å². The van der Waals surface area contributed by atoms with Crippen LogP contribution in [0.1, 0.15) is 31.0 Å². The summed E-state index contributed by atoms with van der Waals surface area (Å²) in [6, 6.07) is 2.93. The smallest absolute Gasteiger partial charge is 0.416 e. The van der Waals surface area contributed by atoms with Gasteiger partial charge in [0.25, 0.3) is 0 Å². The summed E-state index contributed by atoms with van der Waals surface area (Å²) in [6.07, 6.45) is -4.69. The van der Waals surface area contributed by atoms with Gasteiger partial charge in [0.15, 0.2) is 0 Å². The first-order valence-corrected chi connectivity index (χ1v) is 11.8. The molecule has 0 radical (unpaired) electrons. The van der Waals surface area contributed by atoms with Crippen LogP contribution in [0.5, 0.6) is 0 Å². The third kappa shape index (κ3) is 5.98. The van der Waals surface area contributed by atoms with Gasteiger partial charge in [0.05, 0.1) is 23.8 Å². The lowest BCUT2D eigenvalue weighted by Crippen LogP contribution is -2.54. The fraction of sp³-hybridized carbons (Fsp3) is 0.542. The molecular formula is C24H31F3N4O5. The second kappa shape index (κ2) is 11.7. The van der Waals surface area contributed by atoms with Crippen molar-refractivity contribution in [3.05, 3.63) is 46.7 Å². The first-order chi connectivity index (χ1) is 17.1. The average molecular weight is 513 g/mol. The minimum absolute atomic E-state index is 0.0175. The normalized spacial score (nSPS) is 19.4. The Kier molecular flexibility index (Phi) is 8.96. The van der Waals surface area contributed by atoms with Gasteiger partial charge in [-0.1, -0.05) is 18.2 Å². The number of carbonyl (C=O) groups excluding carboxylic acids is 3. The van der Waals surface area contributed by atoms with Crippen molar-refractivity contribution in [2.75, 3.05) is 59.6 Å². The van der Waals surface area contributed by atoms with Crippen LogP contribution in [0.2, 0.25) is 0 Å². The lowest BCUT2D eigenvalue weighted by atomic mass is 9.90. The summed E-state index contributed by atoms with van der Waals surface area (Å²) < 4.78 is 51.7. The highest BCUT2D eigenvalue weighted by molar-refractivity contribution is 5.95. The highest BCUT2D eigenvalue weighted by Gasteiger charge is 2.43. The standard InChI is InChI=1S/C24H31F3N4O5/c1-4-31-18(14-29-10-12-30(13-11-29)19(32)15-35-3)20(22(33)36-5-2)21(28-23(31)34)16-8-6-7-9-17(16)24(25,26)27/h6-9,21H,4-5,10-15H2,1-3H3,(H,28,34). The molecule has 0 aliphatic carbocycles. The summed E-state index contributed by atoms with van der Waals surface area (Å²) in [5.41, 5.74) is -0.914. The van der Waals surface area contributed by atoms with Crippen molar-refractivity contribution >= 4 is 17.9 Å². The molecule has 1 aromatic carbocycles. The maximum absolute atomic E-state index is 13.8. The predicted molar refractivity (Wildman–Crippen MR) is 124 cm³/mol. The Morgan fingerprint density at radius 2 is 1.78 bits per heavy atom. The number of nitrogens with one attached hydrogen (secondary N) is 1. The zero-order chi connectivity index (χ0) is 26.5. The Labute approximate surface area is 207 Å². The van der Waals surface area contributed by atoms with Crippen molar-refractivity contribution in [1.82, 2.24) is 20.0 Å². The molecule has 1 unspecified atom stereocenters. The van der Waals surface area contributed by atoms with Crippen LogP contribution in [0, 0.1) is 0 Å². The third-order valence-electron chi connectivity index (χ3n) is 6.19. The van der Waals surface area contributed by atoms with Crippen LogP contribution < -0.4 is 5.32 Å². The number of hydrogen-bond acceptors (Lipinski definition) is 6. The van der Waals surface area contributed by atoms with E-state index in [-0.39, 0.29) is 43.3 Å². The van der Waals surface area contributed by atoms with Crippen LogP contribution in [0.4, 0.5) is 18.0 Å². The Morgan fingerprint density at radius 1 is 1.11 bits per heavy atom. The minimum atomic E-state index is -4.69. The van der Waals surface area contributed by atoms with E-state index in [0.717, 1.165) is 6.07 Å². The zero-order valence-corrected chi connectivity index (χ0v) is 20.6. The van der Waals surface area contributed by atoms with Crippen molar-refractivity contribution in [3.8, 4) is 0 Å². The van der Waals surface area contributed by atoms with Crippen molar-refractivity contribution in [3.63, 3.8) is 0 Å². The Hall–Kier alpha value is -3.12. The van der Waals surface area contributed by atoms with E-state index in [1.165, 1.54) is 30.2 Å². The molecule has 12 heteroatoms. The van der Waals surface area contributed by atoms with Crippen LogP contribution in [-0.4, -0.2) is 92.2 Å². The second-order valence-corrected chi connectivity index (χ2v) is 8.38. The SMILES string of the molecule is CCOC(=O)C1=C(CN2CCN(C(=O)COC)CC2)N(CC)C(=O)NC1c1ccccc1C(F)(F)F. The number of alkyl halides is 3. The lowest BCUT2D eigenvalue weighted by molar-refractivity contribution is -0.141. The molecule has 1 fully saturated rings. The van der Waals surface area contributed by atoms with Crippen LogP contribution in [0.25, 0.3) is 0 Å². The van der Waals surface area contributed by atoms with Gasteiger partial charge in [-0.25, -0.2) is 9.59 Å². The maximum atomic E-state index is 13.8. The van der Waals surface area contributed by atoms with E-state index < -0.39 is 29.8 Å². The van der Waals surface area contributed by atoms with Gasteiger partial charge in [-0.05, 0) is 25.5 Å². The minimum Gasteiger partial charge on any atom is -0.463 e. The fourth-order valence-corrected chi connectivity index (χ4v) is 4.48. The molecule has 3 rings (SSSR count). The van der Waals surface area contributed by atoms with E-state index in [2.05, 4.69) is 5.32 Å². The number of urea groups is 1.